The first kappa shape index (κ1) is 41.5. The summed E-state index contributed by atoms with van der Waals surface area (Å²) in [5.74, 6) is 6.28. The first-order valence-electron chi connectivity index (χ1n) is 16.7. The number of pyridine rings is 1. The van der Waals surface area contributed by atoms with Crippen LogP contribution in [0.1, 0.15) is 44.1 Å². The van der Waals surface area contributed by atoms with Gasteiger partial charge in [-0.15, -0.1) is 0 Å². The summed E-state index contributed by atoms with van der Waals surface area (Å²) in [5.41, 5.74) is -3.78. The molecule has 2 aromatic heterocycles. The van der Waals surface area contributed by atoms with E-state index in [1.807, 2.05) is 0 Å². The molecule has 6 N–H and O–H groups in total. The Hall–Kier alpha value is -4.66. The fourth-order valence-corrected chi connectivity index (χ4v) is 6.87. The van der Waals surface area contributed by atoms with Crippen LogP contribution in [-0.2, 0) is 55.0 Å². The third-order valence-electron chi connectivity index (χ3n) is 9.73. The van der Waals surface area contributed by atoms with Crippen LogP contribution in [0.2, 0.25) is 0 Å². The van der Waals surface area contributed by atoms with E-state index in [0.29, 0.717) is 21.8 Å². The average Bonchev–Trinajstić information content (AvgIpc) is 3.52. The van der Waals surface area contributed by atoms with E-state index < -0.39 is 76.8 Å². The number of hydrogen-bond donors (Lipinski definition) is 6. The first-order valence-corrected chi connectivity index (χ1v) is 19.4. The molecule has 3 aliphatic rings. The lowest BCUT2D eigenvalue weighted by Gasteiger charge is -2.49. The predicted molar refractivity (Wildman–Crippen MR) is 207 cm³/mol. The molecule has 17 heteroatoms. The molecule has 0 radical (unpaired) electrons. The van der Waals surface area contributed by atoms with Crippen LogP contribution in [0.15, 0.2) is 65.5 Å². The number of ketones is 2. The Morgan fingerprint density at radius 2 is 1.85 bits per heavy atom. The van der Waals surface area contributed by atoms with Crippen molar-refractivity contribution in [2.24, 2.45) is 5.41 Å². The van der Waals surface area contributed by atoms with Crippen LogP contribution >= 0.6 is 0 Å². The summed E-state index contributed by atoms with van der Waals surface area (Å²) < 4.78 is 22.8. The summed E-state index contributed by atoms with van der Waals surface area (Å²) in [5, 5.41) is 49.8. The van der Waals surface area contributed by atoms with Gasteiger partial charge in [-0.05, 0) is 62.6 Å². The minimum Gasteiger partial charge on any atom is -0.508 e. The van der Waals surface area contributed by atoms with E-state index in [4.69, 9.17) is 18.9 Å². The lowest BCUT2D eigenvalue weighted by molar-refractivity contribution is -0.339. The number of nitrogens with one attached hydrogen (secondary N) is 2. The molecule has 288 valence electrons. The zero-order chi connectivity index (χ0) is 40.3. The highest BCUT2D eigenvalue weighted by Crippen LogP contribution is 2.46. The number of ether oxygens (including phenoxy) is 4. The zero-order valence-electron chi connectivity index (χ0n) is 30.2. The number of allylic oxidation sites excluding steroid dienone is 4. The van der Waals surface area contributed by atoms with Crippen LogP contribution in [0.5, 0.6) is 5.75 Å². The third-order valence-corrected chi connectivity index (χ3v) is 9.73. The molecule has 1 aliphatic heterocycles. The zero-order valence-corrected chi connectivity index (χ0v) is 32.6. The number of carbonyl (C=O) groups excluding carboxylic acids is 3. The van der Waals surface area contributed by atoms with Crippen molar-refractivity contribution >= 4 is 70.7 Å². The molecule has 1 amide bonds. The van der Waals surface area contributed by atoms with E-state index in [1.165, 1.54) is 51.4 Å². The smallest absolute Gasteiger partial charge is 0.411 e. The summed E-state index contributed by atoms with van der Waals surface area (Å²) in [6.45, 7) is 4.77. The van der Waals surface area contributed by atoms with Crippen molar-refractivity contribution in [3.05, 3.63) is 71.2 Å². The predicted octanol–water partition coefficient (Wildman–Crippen LogP) is 2.66. The van der Waals surface area contributed by atoms with Gasteiger partial charge < -0.3 is 44.4 Å². The minimum atomic E-state index is -2.83. The maximum Gasteiger partial charge on any atom is 0.411 e. The molecule has 3 heterocycles. The quantitative estimate of drug-likeness (QED) is 0.115. The minimum absolute atomic E-state index is 0.00201. The number of fused-ring (bicyclic) bond motifs is 5. The number of hydrogen-bond acceptors (Lipinski definition) is 14. The molecule has 1 saturated heterocycles. The molecule has 2 aliphatic carbocycles. The molecule has 0 saturated carbocycles. The number of Topliss-reactive ketones (excluding diaryl/α,β-unsaturated/α-hetero) is 2. The van der Waals surface area contributed by atoms with Crippen molar-refractivity contribution in [2.45, 2.75) is 69.6 Å². The molecule has 0 spiro atoms. The fraction of sp³-hybridized carbons (Fsp3) is 0.368. The summed E-state index contributed by atoms with van der Waals surface area (Å²) in [7, 11) is 3.24. The van der Waals surface area contributed by atoms with Crippen molar-refractivity contribution < 1.29 is 53.8 Å². The second-order valence-electron chi connectivity index (χ2n) is 12.9. The maximum absolute atomic E-state index is 14.5. The van der Waals surface area contributed by atoms with Gasteiger partial charge in [0.15, 0.2) is 23.5 Å². The number of aliphatic hydroxyl groups excluding tert-OH is 1. The normalized spacial score (nSPS) is 29.9. The molecule has 1 aromatic carbocycles. The summed E-state index contributed by atoms with van der Waals surface area (Å²) in [6, 6.07) is 6.44. The molecule has 3 aromatic rings. The summed E-state index contributed by atoms with van der Waals surface area (Å²) in [6.07, 6.45) is -1.68. The molecule has 7 atom stereocenters. The number of alkyl carbamates (subject to hydrolysis) is 1. The number of phenols is 1. The highest BCUT2D eigenvalue weighted by atomic mass is 33.1. The molecule has 14 nitrogen and oxygen atoms in total. The molecule has 1 fully saturated rings. The van der Waals surface area contributed by atoms with Crippen LogP contribution < -0.4 is 5.32 Å². The molecular formula is C38H37N3O11S3. The van der Waals surface area contributed by atoms with Gasteiger partial charge >= 0.3 is 6.09 Å². The molecule has 55 heavy (non-hydrogen) atoms. The SMILES string of the molecule is CC/C=C1\C2=C(NC(=O)OC)C(=O)C[C@@]1(O)C#C/C=C\C#C[C@]2(O)OC1OC(C)C(C)(C(=O)c2nccc3c2[nH]c2ccc(O)cc23)C(O)C1OC.S=S=S. The van der Waals surface area contributed by atoms with Gasteiger partial charge in [-0.3, -0.25) is 19.9 Å². The van der Waals surface area contributed by atoms with E-state index in [-0.39, 0.29) is 23.4 Å². The number of phenolic OH excluding ortho intramolecular Hbond substituents is 1. The van der Waals surface area contributed by atoms with Gasteiger partial charge in [-0.1, -0.05) is 30.8 Å². The number of aromatic amines is 1. The van der Waals surface area contributed by atoms with Gasteiger partial charge in [-0.25, -0.2) is 4.79 Å². The van der Waals surface area contributed by atoms with Crippen molar-refractivity contribution in [1.29, 1.82) is 0 Å². The topological polar surface area (TPSA) is 210 Å². The van der Waals surface area contributed by atoms with Crippen LogP contribution in [0.4, 0.5) is 4.79 Å². The Balaban J connectivity index is 0.00000187. The van der Waals surface area contributed by atoms with E-state index in [9.17, 15) is 34.8 Å². The monoisotopic (exact) mass is 807 g/mol. The number of methoxy groups -OCH3 is 2. The van der Waals surface area contributed by atoms with Crippen molar-refractivity contribution in [2.75, 3.05) is 14.2 Å². The molecule has 2 bridgehead atoms. The second kappa shape index (κ2) is 16.6. The number of rotatable bonds is 7. The third kappa shape index (κ3) is 7.64. The number of benzene rings is 1. The number of aromatic hydroxyl groups is 1. The van der Waals surface area contributed by atoms with Crippen molar-refractivity contribution in [3.63, 3.8) is 0 Å². The van der Waals surface area contributed by atoms with Gasteiger partial charge in [-0.2, -0.15) is 0 Å². The Morgan fingerprint density at radius 3 is 2.51 bits per heavy atom. The average molecular weight is 808 g/mol. The van der Waals surface area contributed by atoms with Crippen LogP contribution in [0.3, 0.4) is 0 Å². The number of aliphatic hydroxyl groups is 3. The highest BCUT2D eigenvalue weighted by molar-refractivity contribution is 8.37. The number of aromatic nitrogens is 2. The second-order valence-corrected chi connectivity index (χ2v) is 14.7. The van der Waals surface area contributed by atoms with Crippen LogP contribution in [0, 0.1) is 29.1 Å². The highest BCUT2D eigenvalue weighted by Gasteiger charge is 2.59. The summed E-state index contributed by atoms with van der Waals surface area (Å²) >= 11 is 8.25. The van der Waals surface area contributed by atoms with E-state index in [0.717, 1.165) is 16.0 Å². The van der Waals surface area contributed by atoms with Crippen molar-refractivity contribution in [3.8, 4) is 29.4 Å². The fourth-order valence-electron chi connectivity index (χ4n) is 6.87. The van der Waals surface area contributed by atoms with E-state index in [1.54, 1.807) is 25.1 Å². The lowest BCUT2D eigenvalue weighted by atomic mass is 9.70. The van der Waals surface area contributed by atoms with E-state index >= 15 is 0 Å². The Kier molecular flexibility index (Phi) is 12.5. The van der Waals surface area contributed by atoms with Gasteiger partial charge in [0, 0.05) is 66.4 Å². The van der Waals surface area contributed by atoms with Gasteiger partial charge in [0.25, 0.3) is 5.79 Å². The van der Waals surface area contributed by atoms with Gasteiger partial charge in [0.05, 0.1) is 41.8 Å². The number of nitrogens with zero attached hydrogens (tertiary/aromatic N) is 1. The number of amides is 1. The van der Waals surface area contributed by atoms with Crippen LogP contribution in [-0.4, -0.2) is 98.3 Å². The first-order chi connectivity index (χ1) is 26.1. The Bertz CT molecular complexity index is 2330. The molecule has 5 unspecified atom stereocenters. The lowest BCUT2D eigenvalue weighted by Crippen LogP contribution is -2.65. The largest absolute Gasteiger partial charge is 0.508 e. The van der Waals surface area contributed by atoms with E-state index in [2.05, 4.69) is 61.3 Å². The summed E-state index contributed by atoms with van der Waals surface area (Å²) in [4.78, 5) is 48.1. The Labute approximate surface area is 328 Å². The Morgan fingerprint density at radius 1 is 1.16 bits per heavy atom. The maximum atomic E-state index is 14.5. The molecular weight excluding hydrogens is 771 g/mol. The number of H-pyrrole nitrogens is 1. The van der Waals surface area contributed by atoms with Gasteiger partial charge in [0.2, 0.25) is 0 Å². The standard InChI is InChI=1S/C38H37N3O11.S3/c1-6-11-24-27-29(41-35(46)50-5)26(43)19-37(24,47)15-9-7-8-10-16-38(27,48)52-34-31(49-4)33(45)36(3,20(2)51-34)32(44)30-28-22(14-17-39-30)23-18-21(42)12-13-25(23)40-28;1-3-2/h7-8,11-14,17-18,20,31,33-34,40,42,45,47-48H,6,19H2,1-5H3,(H,41,46);/b8-7-,24-11+;/t20?,31?,33?,34?,36?,37-,38-;/m0./s1. The molecule has 6 rings (SSSR count). The van der Waals surface area contributed by atoms with Crippen molar-refractivity contribution in [1.82, 2.24) is 15.3 Å². The number of carbonyl (C=O) groups is 3. The van der Waals surface area contributed by atoms with Gasteiger partial charge in [0.1, 0.15) is 23.7 Å². The van der Waals surface area contributed by atoms with Crippen LogP contribution in [0.25, 0.3) is 21.8 Å².